The Kier molecular flexibility index (Phi) is 5.71. The molecule has 0 aliphatic heterocycles. The van der Waals surface area contributed by atoms with E-state index in [0.29, 0.717) is 0 Å². The second kappa shape index (κ2) is 7.30. The maximum Gasteiger partial charge on any atom is 0.0425 e. The standard InChI is InChI=1S/C16H25BrN2/c1-3-19(15-7-5-4-6-8-15)16-11-14(17)10-9-13(16)12-18-2/h9-11,15,18H,3-8,12H2,1-2H3. The Morgan fingerprint density at radius 3 is 2.63 bits per heavy atom. The number of hydrogen-bond acceptors (Lipinski definition) is 2. The molecule has 1 aliphatic carbocycles. The minimum absolute atomic E-state index is 0.726. The molecule has 0 amide bonds. The molecule has 1 aromatic rings. The lowest BCUT2D eigenvalue weighted by Gasteiger charge is -2.36. The molecule has 1 saturated carbocycles. The summed E-state index contributed by atoms with van der Waals surface area (Å²) in [7, 11) is 2.02. The minimum Gasteiger partial charge on any atom is -0.369 e. The van der Waals surface area contributed by atoms with Crippen LogP contribution in [-0.2, 0) is 6.54 Å². The first-order valence-corrected chi connectivity index (χ1v) is 8.25. The largest absolute Gasteiger partial charge is 0.369 e. The van der Waals surface area contributed by atoms with Crippen LogP contribution in [0.4, 0.5) is 5.69 Å². The third-order valence-electron chi connectivity index (χ3n) is 4.08. The fraction of sp³-hybridized carbons (Fsp3) is 0.625. The Bertz CT molecular complexity index is 400. The van der Waals surface area contributed by atoms with Crippen molar-refractivity contribution in [2.75, 3.05) is 18.5 Å². The SMILES string of the molecule is CCN(c1cc(Br)ccc1CNC)C1CCCCC1. The molecule has 1 aliphatic rings. The average Bonchev–Trinajstić information content (AvgIpc) is 2.44. The molecular weight excluding hydrogens is 300 g/mol. The Hall–Kier alpha value is -0.540. The molecule has 0 spiro atoms. The molecule has 2 rings (SSSR count). The monoisotopic (exact) mass is 324 g/mol. The summed E-state index contributed by atoms with van der Waals surface area (Å²) < 4.78 is 1.18. The highest BCUT2D eigenvalue weighted by Gasteiger charge is 2.22. The van der Waals surface area contributed by atoms with Crippen molar-refractivity contribution in [3.8, 4) is 0 Å². The third kappa shape index (κ3) is 3.73. The number of hydrogen-bond donors (Lipinski definition) is 1. The minimum atomic E-state index is 0.726. The van der Waals surface area contributed by atoms with E-state index in [0.717, 1.165) is 19.1 Å². The van der Waals surface area contributed by atoms with Crippen LogP contribution < -0.4 is 10.2 Å². The molecule has 0 saturated heterocycles. The molecule has 1 N–H and O–H groups in total. The molecule has 0 bridgehead atoms. The average molecular weight is 325 g/mol. The summed E-state index contributed by atoms with van der Waals surface area (Å²) in [5.41, 5.74) is 2.80. The Balaban J connectivity index is 2.27. The maximum absolute atomic E-state index is 3.62. The summed E-state index contributed by atoms with van der Waals surface area (Å²) in [6.45, 7) is 4.31. The Labute approximate surface area is 125 Å². The van der Waals surface area contributed by atoms with Crippen molar-refractivity contribution in [2.45, 2.75) is 51.6 Å². The molecule has 1 aromatic carbocycles. The first kappa shape index (κ1) is 14.9. The van der Waals surface area contributed by atoms with Gasteiger partial charge in [-0.2, -0.15) is 0 Å². The van der Waals surface area contributed by atoms with Crippen LogP contribution in [0.3, 0.4) is 0 Å². The van der Waals surface area contributed by atoms with Crippen LogP contribution >= 0.6 is 15.9 Å². The molecule has 0 unspecified atom stereocenters. The van der Waals surface area contributed by atoms with E-state index in [-0.39, 0.29) is 0 Å². The molecule has 3 heteroatoms. The summed E-state index contributed by atoms with van der Waals surface area (Å²) >= 11 is 3.62. The van der Waals surface area contributed by atoms with Gasteiger partial charge in [-0.15, -0.1) is 0 Å². The van der Waals surface area contributed by atoms with E-state index in [1.165, 1.54) is 47.8 Å². The number of halogens is 1. The van der Waals surface area contributed by atoms with Crippen molar-refractivity contribution in [1.29, 1.82) is 0 Å². The van der Waals surface area contributed by atoms with Gasteiger partial charge in [0.2, 0.25) is 0 Å². The van der Waals surface area contributed by atoms with Crippen LogP contribution in [-0.4, -0.2) is 19.6 Å². The lowest BCUT2D eigenvalue weighted by molar-refractivity contribution is 0.417. The number of nitrogens with one attached hydrogen (secondary N) is 1. The second-order valence-corrected chi connectivity index (χ2v) is 6.30. The van der Waals surface area contributed by atoms with Gasteiger partial charge in [-0.05, 0) is 44.5 Å². The van der Waals surface area contributed by atoms with Gasteiger partial charge in [0.1, 0.15) is 0 Å². The number of rotatable bonds is 5. The summed E-state index contributed by atoms with van der Waals surface area (Å²) in [6.07, 6.45) is 6.88. The molecule has 2 nitrogen and oxygen atoms in total. The first-order valence-electron chi connectivity index (χ1n) is 7.46. The van der Waals surface area contributed by atoms with E-state index in [9.17, 15) is 0 Å². The van der Waals surface area contributed by atoms with E-state index in [1.807, 2.05) is 7.05 Å². The molecular formula is C16H25BrN2. The zero-order valence-corrected chi connectivity index (χ0v) is 13.7. The van der Waals surface area contributed by atoms with Crippen LogP contribution in [0.25, 0.3) is 0 Å². The molecule has 1 fully saturated rings. The lowest BCUT2D eigenvalue weighted by atomic mass is 9.93. The Morgan fingerprint density at radius 1 is 1.26 bits per heavy atom. The van der Waals surface area contributed by atoms with Gasteiger partial charge in [0.25, 0.3) is 0 Å². The van der Waals surface area contributed by atoms with E-state index < -0.39 is 0 Å². The highest BCUT2D eigenvalue weighted by molar-refractivity contribution is 9.10. The summed E-state index contributed by atoms with van der Waals surface area (Å²) in [5, 5.41) is 3.28. The van der Waals surface area contributed by atoms with Gasteiger partial charge in [-0.25, -0.2) is 0 Å². The first-order chi connectivity index (χ1) is 9.26. The fourth-order valence-corrected chi connectivity index (χ4v) is 3.51. The van der Waals surface area contributed by atoms with Crippen molar-refractivity contribution in [2.24, 2.45) is 0 Å². The van der Waals surface area contributed by atoms with Gasteiger partial charge in [0, 0.05) is 29.3 Å². The smallest absolute Gasteiger partial charge is 0.0425 e. The summed E-state index contributed by atoms with van der Waals surface area (Å²) in [4.78, 5) is 2.61. The predicted molar refractivity (Wildman–Crippen MR) is 86.8 cm³/mol. The van der Waals surface area contributed by atoms with E-state index in [2.05, 4.69) is 51.3 Å². The normalized spacial score (nSPS) is 16.6. The second-order valence-electron chi connectivity index (χ2n) is 5.38. The number of anilines is 1. The lowest BCUT2D eigenvalue weighted by Crippen LogP contribution is -2.37. The van der Waals surface area contributed by atoms with Gasteiger partial charge in [0.15, 0.2) is 0 Å². The van der Waals surface area contributed by atoms with E-state index in [1.54, 1.807) is 0 Å². The number of nitrogens with zero attached hydrogens (tertiary/aromatic N) is 1. The zero-order valence-electron chi connectivity index (χ0n) is 12.1. The molecule has 0 atom stereocenters. The molecule has 19 heavy (non-hydrogen) atoms. The maximum atomic E-state index is 3.62. The van der Waals surface area contributed by atoms with Gasteiger partial charge in [-0.3, -0.25) is 0 Å². The fourth-order valence-electron chi connectivity index (χ4n) is 3.16. The van der Waals surface area contributed by atoms with Gasteiger partial charge in [0.05, 0.1) is 0 Å². The molecule has 106 valence electrons. The third-order valence-corrected chi connectivity index (χ3v) is 4.57. The zero-order chi connectivity index (χ0) is 13.7. The van der Waals surface area contributed by atoms with Crippen molar-refractivity contribution in [3.63, 3.8) is 0 Å². The summed E-state index contributed by atoms with van der Waals surface area (Å²) in [5.74, 6) is 0. The quantitative estimate of drug-likeness (QED) is 0.867. The number of benzene rings is 1. The summed E-state index contributed by atoms with van der Waals surface area (Å²) in [6, 6.07) is 7.39. The van der Waals surface area contributed by atoms with Crippen LogP contribution in [0.15, 0.2) is 22.7 Å². The Morgan fingerprint density at radius 2 is 2.00 bits per heavy atom. The van der Waals surface area contributed by atoms with E-state index in [4.69, 9.17) is 0 Å². The van der Waals surface area contributed by atoms with Crippen LogP contribution in [0.2, 0.25) is 0 Å². The highest BCUT2D eigenvalue weighted by atomic mass is 79.9. The van der Waals surface area contributed by atoms with Crippen LogP contribution in [0.1, 0.15) is 44.6 Å². The van der Waals surface area contributed by atoms with Crippen LogP contribution in [0, 0.1) is 0 Å². The highest BCUT2D eigenvalue weighted by Crippen LogP contribution is 2.31. The van der Waals surface area contributed by atoms with Crippen LogP contribution in [0.5, 0.6) is 0 Å². The topological polar surface area (TPSA) is 15.3 Å². The van der Waals surface area contributed by atoms with Gasteiger partial charge in [-0.1, -0.05) is 41.3 Å². The molecule has 0 aromatic heterocycles. The van der Waals surface area contributed by atoms with Crippen molar-refractivity contribution in [1.82, 2.24) is 5.32 Å². The van der Waals surface area contributed by atoms with Gasteiger partial charge >= 0.3 is 0 Å². The van der Waals surface area contributed by atoms with E-state index >= 15 is 0 Å². The van der Waals surface area contributed by atoms with Crippen molar-refractivity contribution >= 4 is 21.6 Å². The van der Waals surface area contributed by atoms with Crippen molar-refractivity contribution < 1.29 is 0 Å². The van der Waals surface area contributed by atoms with Crippen molar-refractivity contribution in [3.05, 3.63) is 28.2 Å². The molecule has 0 radical (unpaired) electrons. The van der Waals surface area contributed by atoms with Gasteiger partial charge < -0.3 is 10.2 Å². The molecule has 0 heterocycles. The predicted octanol–water partition coefficient (Wildman–Crippen LogP) is 4.33.